The second-order valence-corrected chi connectivity index (χ2v) is 2.36. The Morgan fingerprint density at radius 2 is 2.29 bits per heavy atom. The number of carbonyl (C=O) groups is 2. The Morgan fingerprint density at radius 3 is 2.79 bits per heavy atom. The number of H-pyrrole nitrogens is 1. The quantitative estimate of drug-likeness (QED) is 0.543. The lowest BCUT2D eigenvalue weighted by molar-refractivity contribution is -0.131. The number of hydrogen-bond donors (Lipinski definition) is 3. The summed E-state index contributed by atoms with van der Waals surface area (Å²) in [6.07, 6.45) is 0.787. The molecular weight excluding hydrogens is 190 g/mol. The lowest BCUT2D eigenvalue weighted by Crippen LogP contribution is -2.14. The van der Waals surface area contributed by atoms with E-state index in [1.807, 2.05) is 0 Å². The van der Waals surface area contributed by atoms with Crippen LogP contribution in [0, 0.1) is 0 Å². The molecule has 8 heteroatoms. The van der Waals surface area contributed by atoms with Gasteiger partial charge in [-0.1, -0.05) is 5.10 Å². The average Bonchev–Trinajstić information content (AvgIpc) is 2.55. The standard InChI is InChI=1S/C6H7N5O3/c1-3(2-4(12)13)5(14)7-6-8-10-11-9-6/h2H,1H3,(H,12,13)(H2,7,8,9,10,11,14)/b3-2+. The van der Waals surface area contributed by atoms with Crippen LogP contribution in [0.25, 0.3) is 0 Å². The number of tetrazole rings is 1. The summed E-state index contributed by atoms with van der Waals surface area (Å²) in [5, 5.41) is 22.9. The fraction of sp³-hybridized carbons (Fsp3) is 0.167. The van der Waals surface area contributed by atoms with Crippen LogP contribution in [0.1, 0.15) is 6.92 Å². The van der Waals surface area contributed by atoms with E-state index in [2.05, 4.69) is 25.9 Å². The molecule has 0 fully saturated rings. The number of aromatic nitrogens is 4. The molecule has 0 aliphatic carbocycles. The summed E-state index contributed by atoms with van der Waals surface area (Å²) in [7, 11) is 0. The molecule has 0 spiro atoms. The molecule has 3 N–H and O–H groups in total. The molecule has 1 heterocycles. The first kappa shape index (κ1) is 9.84. The van der Waals surface area contributed by atoms with Crippen molar-refractivity contribution in [2.24, 2.45) is 0 Å². The fourth-order valence-corrected chi connectivity index (χ4v) is 0.666. The van der Waals surface area contributed by atoms with Gasteiger partial charge in [-0.3, -0.25) is 10.1 Å². The van der Waals surface area contributed by atoms with Gasteiger partial charge in [0, 0.05) is 11.6 Å². The summed E-state index contributed by atoms with van der Waals surface area (Å²) >= 11 is 0. The van der Waals surface area contributed by atoms with Crippen LogP contribution in [0.4, 0.5) is 5.95 Å². The molecule has 14 heavy (non-hydrogen) atoms. The molecule has 1 amide bonds. The monoisotopic (exact) mass is 197 g/mol. The predicted octanol–water partition coefficient (Wildman–Crippen LogP) is -0.831. The Bertz CT molecular complexity index is 369. The molecule has 8 nitrogen and oxygen atoms in total. The summed E-state index contributed by atoms with van der Waals surface area (Å²) in [5.41, 5.74) is 0.0438. The molecule has 0 aliphatic heterocycles. The first-order valence-corrected chi connectivity index (χ1v) is 3.55. The second kappa shape index (κ2) is 4.12. The SMILES string of the molecule is C/C(=C\C(=O)O)C(=O)Nc1nn[nH]n1. The third-order valence-electron chi connectivity index (χ3n) is 1.27. The smallest absolute Gasteiger partial charge is 0.328 e. The zero-order valence-corrected chi connectivity index (χ0v) is 7.18. The van der Waals surface area contributed by atoms with Gasteiger partial charge >= 0.3 is 5.97 Å². The largest absolute Gasteiger partial charge is 0.478 e. The minimum Gasteiger partial charge on any atom is -0.478 e. The van der Waals surface area contributed by atoms with Gasteiger partial charge in [0.2, 0.25) is 0 Å². The van der Waals surface area contributed by atoms with Crippen LogP contribution in [-0.4, -0.2) is 37.6 Å². The molecule has 0 aromatic carbocycles. The van der Waals surface area contributed by atoms with Crippen LogP contribution in [0.15, 0.2) is 11.6 Å². The van der Waals surface area contributed by atoms with Crippen LogP contribution in [0.3, 0.4) is 0 Å². The number of carboxylic acids is 1. The van der Waals surface area contributed by atoms with Crippen molar-refractivity contribution in [3.8, 4) is 0 Å². The number of amides is 1. The first-order valence-electron chi connectivity index (χ1n) is 3.55. The highest BCUT2D eigenvalue weighted by molar-refractivity contribution is 6.05. The number of aliphatic carboxylic acids is 1. The van der Waals surface area contributed by atoms with Crippen LogP contribution < -0.4 is 5.32 Å². The zero-order valence-electron chi connectivity index (χ0n) is 7.18. The Morgan fingerprint density at radius 1 is 1.57 bits per heavy atom. The number of carboxylic acid groups (broad SMARTS) is 1. The molecule has 74 valence electrons. The molecule has 0 saturated heterocycles. The number of nitrogens with zero attached hydrogens (tertiary/aromatic N) is 3. The zero-order chi connectivity index (χ0) is 10.6. The Labute approximate surface area is 78.0 Å². The van der Waals surface area contributed by atoms with E-state index >= 15 is 0 Å². The highest BCUT2D eigenvalue weighted by Gasteiger charge is 2.08. The van der Waals surface area contributed by atoms with Gasteiger partial charge in [0.1, 0.15) is 0 Å². The van der Waals surface area contributed by atoms with Crippen molar-refractivity contribution < 1.29 is 14.7 Å². The highest BCUT2D eigenvalue weighted by atomic mass is 16.4. The van der Waals surface area contributed by atoms with Crippen molar-refractivity contribution >= 4 is 17.8 Å². The summed E-state index contributed by atoms with van der Waals surface area (Å²) in [6.45, 7) is 1.36. The van der Waals surface area contributed by atoms with Crippen molar-refractivity contribution in [1.29, 1.82) is 0 Å². The lowest BCUT2D eigenvalue weighted by Gasteiger charge is -1.97. The van der Waals surface area contributed by atoms with Gasteiger partial charge in [0.05, 0.1) is 0 Å². The van der Waals surface area contributed by atoms with Crippen LogP contribution in [0.5, 0.6) is 0 Å². The van der Waals surface area contributed by atoms with Gasteiger partial charge in [-0.05, 0) is 12.1 Å². The maximum absolute atomic E-state index is 11.2. The summed E-state index contributed by atoms with van der Waals surface area (Å²) in [4.78, 5) is 21.4. The molecule has 0 bridgehead atoms. The van der Waals surface area contributed by atoms with E-state index in [0.29, 0.717) is 0 Å². The Kier molecular flexibility index (Phi) is 2.89. The summed E-state index contributed by atoms with van der Waals surface area (Å²) in [5.74, 6) is -1.78. The average molecular weight is 197 g/mol. The summed E-state index contributed by atoms with van der Waals surface area (Å²) < 4.78 is 0. The van der Waals surface area contributed by atoms with E-state index in [1.54, 1.807) is 0 Å². The molecule has 0 radical (unpaired) electrons. The molecule has 0 saturated carbocycles. The minimum atomic E-state index is -1.19. The Hall–Kier alpha value is -2.25. The van der Waals surface area contributed by atoms with Gasteiger partial charge in [-0.25, -0.2) is 4.79 Å². The third kappa shape index (κ3) is 2.66. The molecule has 1 aromatic rings. The highest BCUT2D eigenvalue weighted by Crippen LogP contribution is 1.98. The van der Waals surface area contributed by atoms with Gasteiger partial charge in [0.15, 0.2) is 0 Å². The van der Waals surface area contributed by atoms with Crippen LogP contribution >= 0.6 is 0 Å². The molecule has 1 rings (SSSR count). The van der Waals surface area contributed by atoms with Crippen molar-refractivity contribution in [1.82, 2.24) is 20.6 Å². The van der Waals surface area contributed by atoms with E-state index in [4.69, 9.17) is 5.11 Å². The fourth-order valence-electron chi connectivity index (χ4n) is 0.666. The van der Waals surface area contributed by atoms with E-state index in [9.17, 15) is 9.59 Å². The third-order valence-corrected chi connectivity index (χ3v) is 1.27. The number of carbonyl (C=O) groups excluding carboxylic acids is 1. The normalized spacial score (nSPS) is 11.1. The lowest BCUT2D eigenvalue weighted by atomic mass is 10.2. The van der Waals surface area contributed by atoms with Crippen LogP contribution in [0.2, 0.25) is 0 Å². The maximum atomic E-state index is 11.2. The molecule has 0 aliphatic rings. The van der Waals surface area contributed by atoms with Crippen molar-refractivity contribution in [2.75, 3.05) is 5.32 Å². The van der Waals surface area contributed by atoms with Crippen LogP contribution in [-0.2, 0) is 9.59 Å². The number of anilines is 1. The van der Waals surface area contributed by atoms with Crippen molar-refractivity contribution in [3.05, 3.63) is 11.6 Å². The van der Waals surface area contributed by atoms with Crippen molar-refractivity contribution in [2.45, 2.75) is 6.92 Å². The van der Waals surface area contributed by atoms with E-state index in [1.165, 1.54) is 6.92 Å². The number of rotatable bonds is 3. The predicted molar refractivity (Wildman–Crippen MR) is 44.2 cm³/mol. The Balaban J connectivity index is 2.63. The van der Waals surface area contributed by atoms with Gasteiger partial charge in [-0.2, -0.15) is 5.21 Å². The van der Waals surface area contributed by atoms with Crippen molar-refractivity contribution in [3.63, 3.8) is 0 Å². The summed E-state index contributed by atoms with van der Waals surface area (Å²) in [6, 6.07) is 0. The first-order chi connectivity index (χ1) is 6.59. The van der Waals surface area contributed by atoms with E-state index in [0.717, 1.165) is 6.08 Å². The molecular formula is C6H7N5O3. The molecule has 0 atom stereocenters. The van der Waals surface area contributed by atoms with Gasteiger partial charge in [0.25, 0.3) is 11.9 Å². The molecule has 1 aromatic heterocycles. The minimum absolute atomic E-state index is 0.00635. The maximum Gasteiger partial charge on any atom is 0.328 e. The number of aromatic amines is 1. The number of hydrogen-bond acceptors (Lipinski definition) is 5. The van der Waals surface area contributed by atoms with E-state index < -0.39 is 11.9 Å². The van der Waals surface area contributed by atoms with Gasteiger partial charge in [-0.15, -0.1) is 5.10 Å². The topological polar surface area (TPSA) is 121 Å². The number of nitrogens with one attached hydrogen (secondary N) is 2. The second-order valence-electron chi connectivity index (χ2n) is 2.36. The molecule has 0 unspecified atom stereocenters. The van der Waals surface area contributed by atoms with Gasteiger partial charge < -0.3 is 5.11 Å². The van der Waals surface area contributed by atoms with E-state index in [-0.39, 0.29) is 11.5 Å².